The number of carbonyl (C=O) groups excluding carboxylic acids is 1. The second-order valence-electron chi connectivity index (χ2n) is 5.04. The smallest absolute Gasteiger partial charge is 0.323 e. The van der Waals surface area contributed by atoms with Gasteiger partial charge in [0.1, 0.15) is 11.9 Å². The van der Waals surface area contributed by atoms with Crippen molar-refractivity contribution in [2.45, 2.75) is 0 Å². The van der Waals surface area contributed by atoms with E-state index in [1.54, 1.807) is 36.5 Å². The molecule has 2 heterocycles. The highest BCUT2D eigenvalue weighted by Gasteiger charge is 2.08. The summed E-state index contributed by atoms with van der Waals surface area (Å²) in [4.78, 5) is 20.3. The van der Waals surface area contributed by atoms with E-state index < -0.39 is 0 Å². The molecule has 0 saturated heterocycles. The van der Waals surface area contributed by atoms with Gasteiger partial charge in [0.2, 0.25) is 0 Å². The van der Waals surface area contributed by atoms with E-state index in [4.69, 9.17) is 5.26 Å². The quantitative estimate of drug-likeness (QED) is 0.676. The minimum Gasteiger partial charge on any atom is -0.338 e. The van der Waals surface area contributed by atoms with Gasteiger partial charge in [0, 0.05) is 18.1 Å². The number of benzene rings is 1. The Hall–Kier alpha value is -3.92. The Kier molecular flexibility index (Phi) is 4.83. The van der Waals surface area contributed by atoms with Gasteiger partial charge in [-0.25, -0.2) is 9.78 Å². The molecular formula is C18H14N6O. The molecule has 3 aromatic rings. The van der Waals surface area contributed by atoms with Crippen LogP contribution in [-0.4, -0.2) is 16.0 Å². The molecule has 7 nitrogen and oxygen atoms in total. The lowest BCUT2D eigenvalue weighted by Crippen LogP contribution is -2.20. The van der Waals surface area contributed by atoms with Crippen molar-refractivity contribution in [2.75, 3.05) is 16.0 Å². The third-order valence-corrected chi connectivity index (χ3v) is 3.26. The number of nitriles is 1. The molecule has 0 aliphatic heterocycles. The Bertz CT molecular complexity index is 903. The first-order valence-corrected chi connectivity index (χ1v) is 7.45. The van der Waals surface area contributed by atoms with Gasteiger partial charge in [-0.05, 0) is 30.3 Å². The van der Waals surface area contributed by atoms with Gasteiger partial charge in [0.15, 0.2) is 0 Å². The number of urea groups is 1. The molecule has 1 aromatic carbocycles. The molecule has 0 unspecified atom stereocenters. The van der Waals surface area contributed by atoms with Crippen LogP contribution in [0.4, 0.5) is 27.7 Å². The molecule has 2 amide bonds. The normalized spacial score (nSPS) is 9.72. The first-order valence-electron chi connectivity index (χ1n) is 7.45. The van der Waals surface area contributed by atoms with Gasteiger partial charge in [-0.1, -0.05) is 18.2 Å². The molecule has 3 N–H and O–H groups in total. The zero-order chi connectivity index (χ0) is 17.5. The van der Waals surface area contributed by atoms with Crippen molar-refractivity contribution in [1.82, 2.24) is 9.97 Å². The van der Waals surface area contributed by atoms with Gasteiger partial charge in [-0.2, -0.15) is 5.26 Å². The average Bonchev–Trinajstić information content (AvgIpc) is 2.65. The van der Waals surface area contributed by atoms with Crippen LogP contribution in [0.15, 0.2) is 67.1 Å². The predicted octanol–water partition coefficient (Wildman–Crippen LogP) is 3.74. The molecule has 0 aliphatic rings. The van der Waals surface area contributed by atoms with E-state index in [2.05, 4.69) is 25.9 Å². The molecule has 2 aromatic heterocycles. The highest BCUT2D eigenvalue weighted by atomic mass is 16.2. The van der Waals surface area contributed by atoms with Crippen LogP contribution in [0.25, 0.3) is 0 Å². The van der Waals surface area contributed by atoms with Crippen molar-refractivity contribution in [3.8, 4) is 6.07 Å². The standard InChI is InChI=1S/C18H14N6O/c19-10-13-6-7-17(21-11-13)23-15-8-9-20-12-16(15)24-18(25)22-14-4-2-1-3-5-14/h1-9,11-12H,(H,20,21,23)(H2,22,24,25). The number of anilines is 4. The maximum absolute atomic E-state index is 12.1. The second kappa shape index (κ2) is 7.57. The molecule has 0 radical (unpaired) electrons. The molecule has 122 valence electrons. The van der Waals surface area contributed by atoms with E-state index in [0.717, 1.165) is 0 Å². The van der Waals surface area contributed by atoms with Crippen LogP contribution < -0.4 is 16.0 Å². The fraction of sp³-hybridized carbons (Fsp3) is 0. The van der Waals surface area contributed by atoms with E-state index >= 15 is 0 Å². The number of pyridine rings is 2. The molecule has 0 bridgehead atoms. The Morgan fingerprint density at radius 3 is 2.52 bits per heavy atom. The largest absolute Gasteiger partial charge is 0.338 e. The number of aromatic nitrogens is 2. The molecule has 0 saturated carbocycles. The number of amides is 2. The Morgan fingerprint density at radius 2 is 1.80 bits per heavy atom. The lowest BCUT2D eigenvalue weighted by atomic mass is 10.3. The summed E-state index contributed by atoms with van der Waals surface area (Å²) in [7, 11) is 0. The van der Waals surface area contributed by atoms with Crippen molar-refractivity contribution in [1.29, 1.82) is 5.26 Å². The summed E-state index contributed by atoms with van der Waals surface area (Å²) in [6.45, 7) is 0. The van der Waals surface area contributed by atoms with Gasteiger partial charge >= 0.3 is 6.03 Å². The number of hydrogen-bond acceptors (Lipinski definition) is 5. The Morgan fingerprint density at radius 1 is 0.960 bits per heavy atom. The maximum Gasteiger partial charge on any atom is 0.323 e. The summed E-state index contributed by atoms with van der Waals surface area (Å²) in [5.74, 6) is 0.553. The fourth-order valence-electron chi connectivity index (χ4n) is 2.08. The van der Waals surface area contributed by atoms with Gasteiger partial charge in [-0.15, -0.1) is 0 Å². The number of para-hydroxylation sites is 1. The van der Waals surface area contributed by atoms with Crippen molar-refractivity contribution in [2.24, 2.45) is 0 Å². The van der Waals surface area contributed by atoms with Crippen LogP contribution in [-0.2, 0) is 0 Å². The van der Waals surface area contributed by atoms with Crippen molar-refractivity contribution in [3.05, 3.63) is 72.7 Å². The van der Waals surface area contributed by atoms with Crippen LogP contribution in [0.5, 0.6) is 0 Å². The molecule has 7 heteroatoms. The minimum absolute atomic E-state index is 0.380. The van der Waals surface area contributed by atoms with E-state index in [0.29, 0.717) is 28.4 Å². The number of hydrogen-bond donors (Lipinski definition) is 3. The third kappa shape index (κ3) is 4.30. The van der Waals surface area contributed by atoms with Gasteiger partial charge in [0.05, 0.1) is 23.1 Å². The Labute approximate surface area is 144 Å². The zero-order valence-electron chi connectivity index (χ0n) is 13.1. The molecule has 0 fully saturated rings. The lowest BCUT2D eigenvalue weighted by molar-refractivity contribution is 0.262. The number of nitrogens with one attached hydrogen (secondary N) is 3. The van der Waals surface area contributed by atoms with Crippen molar-refractivity contribution in [3.63, 3.8) is 0 Å². The van der Waals surface area contributed by atoms with Crippen LogP contribution in [0.1, 0.15) is 5.56 Å². The van der Waals surface area contributed by atoms with E-state index in [1.807, 2.05) is 24.3 Å². The number of carbonyl (C=O) groups is 1. The summed E-state index contributed by atoms with van der Waals surface area (Å²) in [5.41, 5.74) is 2.30. The SMILES string of the molecule is N#Cc1ccc(Nc2ccncc2NC(=O)Nc2ccccc2)nc1. The van der Waals surface area contributed by atoms with Crippen LogP contribution in [0, 0.1) is 11.3 Å². The lowest BCUT2D eigenvalue weighted by Gasteiger charge is -2.12. The molecule has 25 heavy (non-hydrogen) atoms. The number of nitrogens with zero attached hydrogens (tertiary/aromatic N) is 3. The topological polar surface area (TPSA) is 103 Å². The van der Waals surface area contributed by atoms with E-state index in [-0.39, 0.29) is 6.03 Å². The summed E-state index contributed by atoms with van der Waals surface area (Å²) < 4.78 is 0. The summed E-state index contributed by atoms with van der Waals surface area (Å²) in [5, 5.41) is 17.4. The predicted molar refractivity (Wildman–Crippen MR) is 95.6 cm³/mol. The molecule has 0 spiro atoms. The first kappa shape index (κ1) is 16.0. The molecule has 3 rings (SSSR count). The van der Waals surface area contributed by atoms with Gasteiger partial charge in [0.25, 0.3) is 0 Å². The molecule has 0 atom stereocenters. The zero-order valence-corrected chi connectivity index (χ0v) is 13.1. The molecule has 0 aliphatic carbocycles. The maximum atomic E-state index is 12.1. The highest BCUT2D eigenvalue weighted by molar-refractivity contribution is 6.01. The van der Waals surface area contributed by atoms with Crippen LogP contribution in [0.2, 0.25) is 0 Å². The summed E-state index contributed by atoms with van der Waals surface area (Å²) in [6.07, 6.45) is 4.61. The summed E-state index contributed by atoms with van der Waals surface area (Å²) >= 11 is 0. The van der Waals surface area contributed by atoms with Crippen molar-refractivity contribution < 1.29 is 4.79 Å². The van der Waals surface area contributed by atoms with E-state index in [9.17, 15) is 4.79 Å². The van der Waals surface area contributed by atoms with Crippen LogP contribution >= 0.6 is 0 Å². The second-order valence-corrected chi connectivity index (χ2v) is 5.04. The number of rotatable bonds is 4. The first-order chi connectivity index (χ1) is 12.2. The Balaban J connectivity index is 1.72. The molecular weight excluding hydrogens is 316 g/mol. The van der Waals surface area contributed by atoms with Crippen molar-refractivity contribution >= 4 is 28.9 Å². The fourth-order valence-corrected chi connectivity index (χ4v) is 2.08. The van der Waals surface area contributed by atoms with Crippen LogP contribution in [0.3, 0.4) is 0 Å². The van der Waals surface area contributed by atoms with Gasteiger partial charge in [-0.3, -0.25) is 4.98 Å². The monoisotopic (exact) mass is 330 g/mol. The average molecular weight is 330 g/mol. The highest BCUT2D eigenvalue weighted by Crippen LogP contribution is 2.23. The van der Waals surface area contributed by atoms with Gasteiger partial charge < -0.3 is 16.0 Å². The summed E-state index contributed by atoms with van der Waals surface area (Å²) in [6, 6.07) is 15.8. The minimum atomic E-state index is -0.380. The van der Waals surface area contributed by atoms with E-state index in [1.165, 1.54) is 12.4 Å². The third-order valence-electron chi connectivity index (χ3n) is 3.26.